The van der Waals surface area contributed by atoms with E-state index in [1.165, 1.54) is 11.0 Å². The molecule has 0 radical (unpaired) electrons. The SMILES string of the molecule is CN(C)C(=O)/C(C#N)=C\c1ccc(Br)o1. The summed E-state index contributed by atoms with van der Waals surface area (Å²) in [5.41, 5.74) is 0.0434. The number of likely N-dealkylation sites (N-methyl/N-ethyl adjacent to an activating group) is 1. The Morgan fingerprint density at radius 2 is 2.27 bits per heavy atom. The van der Waals surface area contributed by atoms with Gasteiger partial charge in [0.2, 0.25) is 0 Å². The lowest BCUT2D eigenvalue weighted by Crippen LogP contribution is -2.22. The predicted molar refractivity (Wildman–Crippen MR) is 58.7 cm³/mol. The average molecular weight is 269 g/mol. The Hall–Kier alpha value is -1.54. The van der Waals surface area contributed by atoms with Crippen molar-refractivity contribution >= 4 is 27.9 Å². The highest BCUT2D eigenvalue weighted by Crippen LogP contribution is 2.16. The van der Waals surface area contributed by atoms with Gasteiger partial charge in [0.25, 0.3) is 5.91 Å². The van der Waals surface area contributed by atoms with Crippen molar-refractivity contribution in [2.45, 2.75) is 0 Å². The number of furan rings is 1. The molecule has 0 fully saturated rings. The number of halogens is 1. The summed E-state index contributed by atoms with van der Waals surface area (Å²) in [7, 11) is 3.18. The summed E-state index contributed by atoms with van der Waals surface area (Å²) >= 11 is 3.14. The molecule has 1 rings (SSSR count). The van der Waals surface area contributed by atoms with E-state index < -0.39 is 0 Å². The van der Waals surface area contributed by atoms with Crippen LogP contribution in [0.15, 0.2) is 26.8 Å². The zero-order chi connectivity index (χ0) is 11.4. The van der Waals surface area contributed by atoms with Gasteiger partial charge in [-0.25, -0.2) is 0 Å². The molecule has 0 bridgehead atoms. The van der Waals surface area contributed by atoms with Crippen LogP contribution in [0.3, 0.4) is 0 Å². The molecule has 0 unspecified atom stereocenters. The van der Waals surface area contributed by atoms with E-state index in [4.69, 9.17) is 9.68 Å². The van der Waals surface area contributed by atoms with Crippen molar-refractivity contribution in [3.8, 4) is 6.07 Å². The van der Waals surface area contributed by atoms with Crippen LogP contribution >= 0.6 is 15.9 Å². The Morgan fingerprint density at radius 3 is 2.67 bits per heavy atom. The van der Waals surface area contributed by atoms with Crippen LogP contribution in [0.4, 0.5) is 0 Å². The second kappa shape index (κ2) is 4.80. The fourth-order valence-corrected chi connectivity index (χ4v) is 1.25. The van der Waals surface area contributed by atoms with E-state index in [9.17, 15) is 4.79 Å². The summed E-state index contributed by atoms with van der Waals surface area (Å²) in [6.07, 6.45) is 1.41. The first-order chi connectivity index (χ1) is 7.04. The van der Waals surface area contributed by atoms with Crippen LogP contribution in [0.25, 0.3) is 6.08 Å². The quantitative estimate of drug-likeness (QED) is 0.609. The number of carbonyl (C=O) groups excluding carboxylic acids is 1. The van der Waals surface area contributed by atoms with Crippen molar-refractivity contribution in [3.05, 3.63) is 28.1 Å². The van der Waals surface area contributed by atoms with Crippen molar-refractivity contribution in [1.29, 1.82) is 5.26 Å². The third-order valence-electron chi connectivity index (χ3n) is 1.64. The van der Waals surface area contributed by atoms with Gasteiger partial charge >= 0.3 is 0 Å². The van der Waals surface area contributed by atoms with Crippen LogP contribution in [-0.4, -0.2) is 24.9 Å². The normalized spacial score (nSPS) is 10.9. The molecular weight excluding hydrogens is 260 g/mol. The maximum atomic E-state index is 11.5. The third-order valence-corrected chi connectivity index (χ3v) is 2.06. The van der Waals surface area contributed by atoms with Crippen LogP contribution < -0.4 is 0 Å². The molecule has 1 heterocycles. The van der Waals surface area contributed by atoms with Crippen LogP contribution in [0.5, 0.6) is 0 Å². The molecule has 5 heteroatoms. The molecule has 0 saturated carbocycles. The number of hydrogen-bond donors (Lipinski definition) is 0. The summed E-state index contributed by atoms with van der Waals surface area (Å²) in [6, 6.07) is 5.20. The molecule has 0 aromatic carbocycles. The molecule has 0 aliphatic heterocycles. The minimum Gasteiger partial charge on any atom is -0.450 e. The molecule has 0 saturated heterocycles. The Balaban J connectivity index is 2.99. The topological polar surface area (TPSA) is 57.2 Å². The first kappa shape index (κ1) is 11.5. The first-order valence-electron chi connectivity index (χ1n) is 4.13. The first-order valence-corrected chi connectivity index (χ1v) is 4.92. The number of nitriles is 1. The van der Waals surface area contributed by atoms with Gasteiger partial charge in [-0.05, 0) is 28.1 Å². The van der Waals surface area contributed by atoms with Gasteiger partial charge in [-0.1, -0.05) is 0 Å². The van der Waals surface area contributed by atoms with E-state index >= 15 is 0 Å². The molecule has 0 aliphatic carbocycles. The average Bonchev–Trinajstić information content (AvgIpc) is 2.59. The van der Waals surface area contributed by atoms with Gasteiger partial charge in [0.1, 0.15) is 17.4 Å². The maximum Gasteiger partial charge on any atom is 0.264 e. The number of nitrogens with zero attached hydrogens (tertiary/aromatic N) is 2. The zero-order valence-electron chi connectivity index (χ0n) is 8.32. The highest BCUT2D eigenvalue weighted by Gasteiger charge is 2.11. The fraction of sp³-hybridized carbons (Fsp3) is 0.200. The van der Waals surface area contributed by atoms with Gasteiger partial charge in [-0.15, -0.1) is 0 Å². The molecule has 0 atom stereocenters. The van der Waals surface area contributed by atoms with Crippen LogP contribution in [0.1, 0.15) is 5.76 Å². The molecule has 1 aromatic rings. The van der Waals surface area contributed by atoms with Gasteiger partial charge in [-0.2, -0.15) is 5.26 Å². The lowest BCUT2D eigenvalue weighted by Gasteiger charge is -2.07. The van der Waals surface area contributed by atoms with Gasteiger partial charge < -0.3 is 9.32 Å². The van der Waals surface area contributed by atoms with Crippen molar-refractivity contribution in [2.24, 2.45) is 0 Å². The van der Waals surface area contributed by atoms with Crippen molar-refractivity contribution < 1.29 is 9.21 Å². The van der Waals surface area contributed by atoms with Crippen LogP contribution in [0.2, 0.25) is 0 Å². The second-order valence-corrected chi connectivity index (χ2v) is 3.79. The molecule has 0 N–H and O–H groups in total. The summed E-state index contributed by atoms with van der Waals surface area (Å²) in [4.78, 5) is 12.8. The molecule has 0 spiro atoms. The van der Waals surface area contributed by atoms with E-state index in [0.717, 1.165) is 0 Å². The second-order valence-electron chi connectivity index (χ2n) is 3.01. The van der Waals surface area contributed by atoms with Crippen molar-refractivity contribution in [3.63, 3.8) is 0 Å². The minimum atomic E-state index is -0.343. The van der Waals surface area contributed by atoms with Crippen molar-refractivity contribution in [1.82, 2.24) is 4.90 Å². The van der Waals surface area contributed by atoms with E-state index in [2.05, 4.69) is 15.9 Å². The number of amides is 1. The van der Waals surface area contributed by atoms with Gasteiger partial charge in [0, 0.05) is 20.2 Å². The Kier molecular flexibility index (Phi) is 3.69. The maximum absolute atomic E-state index is 11.5. The van der Waals surface area contributed by atoms with Gasteiger partial charge in [-0.3, -0.25) is 4.79 Å². The fourth-order valence-electron chi connectivity index (χ4n) is 0.931. The van der Waals surface area contributed by atoms with E-state index in [1.54, 1.807) is 26.2 Å². The largest absolute Gasteiger partial charge is 0.450 e. The third kappa shape index (κ3) is 2.96. The number of hydrogen-bond acceptors (Lipinski definition) is 3. The smallest absolute Gasteiger partial charge is 0.264 e. The van der Waals surface area contributed by atoms with Gasteiger partial charge in [0.05, 0.1) is 0 Å². The van der Waals surface area contributed by atoms with E-state index in [0.29, 0.717) is 10.4 Å². The minimum absolute atomic E-state index is 0.0434. The number of carbonyl (C=O) groups is 1. The van der Waals surface area contributed by atoms with Crippen molar-refractivity contribution in [2.75, 3.05) is 14.1 Å². The summed E-state index contributed by atoms with van der Waals surface area (Å²) in [5, 5.41) is 8.79. The molecule has 78 valence electrons. The molecular formula is C10H9BrN2O2. The van der Waals surface area contributed by atoms with Gasteiger partial charge in [0.15, 0.2) is 4.67 Å². The standard InChI is InChI=1S/C10H9BrN2O2/c1-13(2)10(14)7(6-12)5-8-3-4-9(11)15-8/h3-5H,1-2H3/b7-5-. The van der Waals surface area contributed by atoms with Crippen LogP contribution in [0, 0.1) is 11.3 Å². The summed E-state index contributed by atoms with van der Waals surface area (Å²) < 4.78 is 5.72. The number of rotatable bonds is 2. The highest BCUT2D eigenvalue weighted by molar-refractivity contribution is 9.10. The molecule has 1 amide bonds. The summed E-state index contributed by atoms with van der Waals surface area (Å²) in [5.74, 6) is 0.124. The van der Waals surface area contributed by atoms with Crippen LogP contribution in [-0.2, 0) is 4.79 Å². The molecule has 15 heavy (non-hydrogen) atoms. The lowest BCUT2D eigenvalue weighted by molar-refractivity contribution is -0.124. The Morgan fingerprint density at radius 1 is 1.60 bits per heavy atom. The van der Waals surface area contributed by atoms with E-state index in [-0.39, 0.29) is 11.5 Å². The lowest BCUT2D eigenvalue weighted by atomic mass is 10.2. The molecule has 1 aromatic heterocycles. The summed E-state index contributed by atoms with van der Waals surface area (Å²) in [6.45, 7) is 0. The highest BCUT2D eigenvalue weighted by atomic mass is 79.9. The predicted octanol–water partition coefficient (Wildman–Crippen LogP) is 2.04. The Labute approximate surface area is 95.9 Å². The zero-order valence-corrected chi connectivity index (χ0v) is 9.91. The molecule has 0 aliphatic rings. The molecule has 4 nitrogen and oxygen atoms in total. The Bertz CT molecular complexity index is 441. The van der Waals surface area contributed by atoms with E-state index in [1.807, 2.05) is 6.07 Å². The monoisotopic (exact) mass is 268 g/mol.